The lowest BCUT2D eigenvalue weighted by Crippen LogP contribution is -2.53. The van der Waals surface area contributed by atoms with Crippen molar-refractivity contribution < 1.29 is 24.1 Å². The summed E-state index contributed by atoms with van der Waals surface area (Å²) < 4.78 is 18.5. The summed E-state index contributed by atoms with van der Waals surface area (Å²) in [5.41, 5.74) is 0.436. The largest absolute Gasteiger partial charge is 0.458 e. The molecule has 1 saturated heterocycles. The predicted octanol–water partition coefficient (Wildman–Crippen LogP) is 4.15. The molecule has 0 amide bonds. The number of carbonyl (C=O) groups excluding carboxylic acids is 1. The zero-order chi connectivity index (χ0) is 21.1. The molecule has 1 aliphatic heterocycles. The molecule has 5 heteroatoms. The molecule has 1 heterocycles. The van der Waals surface area contributed by atoms with E-state index < -0.39 is 17.5 Å². The average molecular weight is 393 g/mol. The van der Waals surface area contributed by atoms with Gasteiger partial charge in [-0.05, 0) is 52.0 Å². The summed E-state index contributed by atoms with van der Waals surface area (Å²) in [6.45, 7) is 18.1. The molecule has 0 aromatic carbocycles. The Bertz CT molecular complexity index is 689. The Balaban J connectivity index is 2.06. The predicted molar refractivity (Wildman–Crippen MR) is 108 cm³/mol. The summed E-state index contributed by atoms with van der Waals surface area (Å²) >= 11 is 0. The molecule has 2 saturated carbocycles. The van der Waals surface area contributed by atoms with Gasteiger partial charge in [-0.3, -0.25) is 0 Å². The average Bonchev–Trinajstić information content (AvgIpc) is 2.99. The third-order valence-corrected chi connectivity index (χ3v) is 6.97. The lowest BCUT2D eigenvalue weighted by molar-refractivity contribution is -0.186. The molecule has 6 atom stereocenters. The minimum atomic E-state index is -0.935. The molecule has 3 aliphatic rings. The van der Waals surface area contributed by atoms with E-state index >= 15 is 0 Å². The van der Waals surface area contributed by atoms with E-state index in [0.717, 1.165) is 17.6 Å². The van der Waals surface area contributed by atoms with E-state index in [-0.39, 0.29) is 35.4 Å². The van der Waals surface area contributed by atoms with Gasteiger partial charge in [-0.15, -0.1) is 0 Å². The summed E-state index contributed by atoms with van der Waals surface area (Å²) in [5, 5.41) is 11.7. The van der Waals surface area contributed by atoms with Gasteiger partial charge in [-0.1, -0.05) is 32.9 Å². The number of carbonyl (C=O) groups is 1. The fraction of sp³-hybridized carbons (Fsp3) is 0.783. The van der Waals surface area contributed by atoms with Crippen molar-refractivity contribution in [3.63, 3.8) is 0 Å². The standard InChI is InChI=1S/C23H36O5/c1-13(2)11-17(24)26-16-12-15(5)18-20(28-21(6,7)27-18)22(8)9-10-23(25,14(3)4)19(16)22/h11,14,16,18-20,25H,5,9-10,12H2,1-4,6-8H3. The summed E-state index contributed by atoms with van der Waals surface area (Å²) in [5.74, 6) is -1.29. The third-order valence-electron chi connectivity index (χ3n) is 6.97. The number of esters is 1. The topological polar surface area (TPSA) is 65.0 Å². The molecule has 6 unspecified atom stereocenters. The number of fused-ring (bicyclic) bond motifs is 3. The van der Waals surface area contributed by atoms with E-state index in [9.17, 15) is 9.90 Å². The Morgan fingerprint density at radius 1 is 1.25 bits per heavy atom. The number of hydrogen-bond donors (Lipinski definition) is 1. The van der Waals surface area contributed by atoms with Crippen molar-refractivity contribution in [3.8, 4) is 0 Å². The van der Waals surface area contributed by atoms with Crippen molar-refractivity contribution in [1.29, 1.82) is 0 Å². The highest BCUT2D eigenvalue weighted by Gasteiger charge is 2.67. The molecule has 0 spiro atoms. The number of allylic oxidation sites excluding steroid dienone is 1. The first-order chi connectivity index (χ1) is 12.8. The molecule has 2 aliphatic carbocycles. The van der Waals surface area contributed by atoms with Gasteiger partial charge < -0.3 is 19.3 Å². The summed E-state index contributed by atoms with van der Waals surface area (Å²) in [7, 11) is 0. The van der Waals surface area contributed by atoms with Crippen LogP contribution in [0.5, 0.6) is 0 Å². The number of aliphatic hydroxyl groups is 1. The fourth-order valence-corrected chi connectivity index (χ4v) is 5.63. The summed E-state index contributed by atoms with van der Waals surface area (Å²) in [4.78, 5) is 12.5. The van der Waals surface area contributed by atoms with Crippen LogP contribution < -0.4 is 0 Å². The molecule has 0 aromatic rings. The fourth-order valence-electron chi connectivity index (χ4n) is 5.63. The van der Waals surface area contributed by atoms with E-state index in [1.54, 1.807) is 0 Å². The maximum atomic E-state index is 12.5. The van der Waals surface area contributed by atoms with Crippen LogP contribution in [0, 0.1) is 17.3 Å². The third kappa shape index (κ3) is 3.46. The van der Waals surface area contributed by atoms with Gasteiger partial charge >= 0.3 is 5.97 Å². The van der Waals surface area contributed by atoms with Crippen molar-refractivity contribution in [2.45, 2.75) is 97.4 Å². The maximum Gasteiger partial charge on any atom is 0.330 e. The Kier molecular flexibility index (Phi) is 5.35. The van der Waals surface area contributed by atoms with Crippen LogP contribution in [-0.2, 0) is 19.0 Å². The molecule has 158 valence electrons. The highest BCUT2D eigenvalue weighted by atomic mass is 16.8. The van der Waals surface area contributed by atoms with Crippen LogP contribution in [0.25, 0.3) is 0 Å². The molecule has 3 fully saturated rings. The minimum Gasteiger partial charge on any atom is -0.458 e. The van der Waals surface area contributed by atoms with E-state index in [1.165, 1.54) is 6.08 Å². The van der Waals surface area contributed by atoms with Crippen LogP contribution in [0.4, 0.5) is 0 Å². The first kappa shape index (κ1) is 21.5. The molecule has 0 bridgehead atoms. The lowest BCUT2D eigenvalue weighted by atomic mass is 9.66. The quantitative estimate of drug-likeness (QED) is 0.444. The Morgan fingerprint density at radius 3 is 2.46 bits per heavy atom. The summed E-state index contributed by atoms with van der Waals surface area (Å²) in [6, 6.07) is 0. The lowest BCUT2D eigenvalue weighted by Gasteiger charge is -2.45. The highest BCUT2D eigenvalue weighted by Crippen LogP contribution is 2.61. The zero-order valence-corrected chi connectivity index (χ0v) is 18.4. The van der Waals surface area contributed by atoms with Crippen molar-refractivity contribution in [2.24, 2.45) is 17.3 Å². The first-order valence-corrected chi connectivity index (χ1v) is 10.4. The Morgan fingerprint density at radius 2 is 1.89 bits per heavy atom. The molecule has 3 rings (SSSR count). The van der Waals surface area contributed by atoms with Gasteiger partial charge in [0.2, 0.25) is 0 Å². The Hall–Kier alpha value is -1.17. The molecular weight excluding hydrogens is 356 g/mol. The van der Waals surface area contributed by atoms with Gasteiger partial charge in [0, 0.05) is 23.8 Å². The van der Waals surface area contributed by atoms with Crippen LogP contribution in [0.15, 0.2) is 23.8 Å². The normalized spacial score (nSPS) is 42.0. The van der Waals surface area contributed by atoms with Crippen LogP contribution in [0.1, 0.15) is 67.7 Å². The van der Waals surface area contributed by atoms with Crippen molar-refractivity contribution in [3.05, 3.63) is 23.8 Å². The molecular formula is C23H36O5. The van der Waals surface area contributed by atoms with Gasteiger partial charge in [-0.2, -0.15) is 0 Å². The molecule has 0 aromatic heterocycles. The molecule has 5 nitrogen and oxygen atoms in total. The minimum absolute atomic E-state index is 0.0316. The first-order valence-electron chi connectivity index (χ1n) is 10.4. The van der Waals surface area contributed by atoms with Gasteiger partial charge in [0.15, 0.2) is 5.79 Å². The number of rotatable bonds is 3. The van der Waals surface area contributed by atoms with E-state index in [4.69, 9.17) is 14.2 Å². The monoisotopic (exact) mass is 392 g/mol. The van der Waals surface area contributed by atoms with Gasteiger partial charge in [0.1, 0.15) is 12.2 Å². The van der Waals surface area contributed by atoms with Gasteiger partial charge in [-0.25, -0.2) is 4.79 Å². The Labute approximate surface area is 169 Å². The van der Waals surface area contributed by atoms with Crippen LogP contribution in [0.3, 0.4) is 0 Å². The van der Waals surface area contributed by atoms with Crippen molar-refractivity contribution in [1.82, 2.24) is 0 Å². The van der Waals surface area contributed by atoms with Crippen LogP contribution in [0.2, 0.25) is 0 Å². The van der Waals surface area contributed by atoms with E-state index in [2.05, 4.69) is 13.5 Å². The number of hydrogen-bond acceptors (Lipinski definition) is 5. The second-order valence-corrected chi connectivity index (χ2v) is 10.2. The van der Waals surface area contributed by atoms with Gasteiger partial charge in [0.05, 0.1) is 11.7 Å². The van der Waals surface area contributed by atoms with Gasteiger partial charge in [0.25, 0.3) is 0 Å². The summed E-state index contributed by atoms with van der Waals surface area (Å²) in [6.07, 6.45) is 2.48. The smallest absolute Gasteiger partial charge is 0.330 e. The van der Waals surface area contributed by atoms with E-state index in [1.807, 2.05) is 41.5 Å². The molecule has 1 N–H and O–H groups in total. The second kappa shape index (κ2) is 6.96. The van der Waals surface area contributed by atoms with Crippen molar-refractivity contribution >= 4 is 5.97 Å². The molecule has 0 radical (unpaired) electrons. The van der Waals surface area contributed by atoms with Crippen LogP contribution >= 0.6 is 0 Å². The SMILES string of the molecule is C=C1CC(OC(=O)C=C(C)C)C2C(C)(CCC2(O)C(C)C)C2OC(C)(C)OC12. The highest BCUT2D eigenvalue weighted by molar-refractivity contribution is 5.82. The van der Waals surface area contributed by atoms with Crippen LogP contribution in [-0.4, -0.2) is 40.8 Å². The number of ether oxygens (including phenoxy) is 3. The molecule has 28 heavy (non-hydrogen) atoms. The zero-order valence-electron chi connectivity index (χ0n) is 18.4. The van der Waals surface area contributed by atoms with Crippen molar-refractivity contribution in [2.75, 3.05) is 0 Å². The maximum absolute atomic E-state index is 12.5. The second-order valence-electron chi connectivity index (χ2n) is 10.2. The van der Waals surface area contributed by atoms with E-state index in [0.29, 0.717) is 12.8 Å².